The van der Waals surface area contributed by atoms with Crippen LogP contribution in [0.3, 0.4) is 0 Å². The predicted molar refractivity (Wildman–Crippen MR) is 96.2 cm³/mol. The van der Waals surface area contributed by atoms with Gasteiger partial charge in [-0.25, -0.2) is 4.98 Å². The smallest absolute Gasteiger partial charge is 0.262 e. The van der Waals surface area contributed by atoms with E-state index in [1.807, 2.05) is 22.9 Å². The average Bonchev–Trinajstić information content (AvgIpc) is 3.19. The molecule has 0 radical (unpaired) electrons. The lowest BCUT2D eigenvalue weighted by atomic mass is 10.1. The van der Waals surface area contributed by atoms with Crippen LogP contribution in [0.1, 0.15) is 20.7 Å². The lowest BCUT2D eigenvalue weighted by Gasteiger charge is -2.14. The van der Waals surface area contributed by atoms with Crippen molar-refractivity contribution in [2.75, 3.05) is 5.88 Å². The zero-order valence-corrected chi connectivity index (χ0v) is 14.5. The number of imide groups is 1. The fourth-order valence-corrected chi connectivity index (χ4v) is 3.72. The lowest BCUT2D eigenvalue weighted by molar-refractivity contribution is 0.0684. The van der Waals surface area contributed by atoms with Gasteiger partial charge < -0.3 is 0 Å². The summed E-state index contributed by atoms with van der Waals surface area (Å²) in [5, 5.41) is 1.35. The standard InChI is InChI=1S/C18H12ClN3O2S/c19-12-5-7-13(8-6-12)21-10-9-20-18(21)25-11-22-16(23)14-3-1-2-4-15(14)17(22)24/h1-10H,11H2. The van der Waals surface area contributed by atoms with Crippen LogP contribution >= 0.6 is 23.4 Å². The fourth-order valence-electron chi connectivity index (χ4n) is 2.67. The number of benzene rings is 2. The van der Waals surface area contributed by atoms with Crippen LogP contribution in [-0.2, 0) is 0 Å². The molecule has 7 heteroatoms. The molecule has 3 aromatic rings. The number of rotatable bonds is 4. The Hall–Kier alpha value is -2.57. The van der Waals surface area contributed by atoms with Gasteiger partial charge >= 0.3 is 0 Å². The third kappa shape index (κ3) is 2.83. The number of aromatic nitrogens is 2. The topological polar surface area (TPSA) is 55.2 Å². The lowest BCUT2D eigenvalue weighted by Crippen LogP contribution is -2.29. The number of halogens is 1. The van der Waals surface area contributed by atoms with Gasteiger partial charge in [0, 0.05) is 23.1 Å². The minimum absolute atomic E-state index is 0.205. The molecule has 124 valence electrons. The first-order valence-corrected chi connectivity index (χ1v) is 8.89. The molecule has 5 nitrogen and oxygen atoms in total. The SMILES string of the molecule is O=C1c2ccccc2C(=O)N1CSc1nccn1-c1ccc(Cl)cc1. The van der Waals surface area contributed by atoms with Gasteiger partial charge in [0.25, 0.3) is 11.8 Å². The van der Waals surface area contributed by atoms with E-state index in [0.717, 1.165) is 5.69 Å². The van der Waals surface area contributed by atoms with Gasteiger partial charge in [-0.1, -0.05) is 35.5 Å². The zero-order chi connectivity index (χ0) is 17.4. The van der Waals surface area contributed by atoms with Crippen molar-refractivity contribution in [3.8, 4) is 5.69 Å². The number of hydrogen-bond donors (Lipinski definition) is 0. The number of carbonyl (C=O) groups excluding carboxylic acids is 2. The molecule has 25 heavy (non-hydrogen) atoms. The van der Waals surface area contributed by atoms with Crippen LogP contribution in [0.5, 0.6) is 0 Å². The molecule has 2 amide bonds. The van der Waals surface area contributed by atoms with Crippen LogP contribution in [-0.4, -0.2) is 32.1 Å². The van der Waals surface area contributed by atoms with Gasteiger partial charge in [-0.3, -0.25) is 19.1 Å². The minimum Gasteiger partial charge on any atom is -0.295 e. The number of imidazole rings is 1. The van der Waals surface area contributed by atoms with Crippen LogP contribution in [0.4, 0.5) is 0 Å². The third-order valence-electron chi connectivity index (χ3n) is 3.91. The maximum Gasteiger partial charge on any atom is 0.262 e. The first-order valence-electron chi connectivity index (χ1n) is 7.52. The Kier molecular flexibility index (Phi) is 4.07. The van der Waals surface area contributed by atoms with Gasteiger partial charge in [-0.05, 0) is 36.4 Å². The molecule has 2 aromatic carbocycles. The predicted octanol–water partition coefficient (Wildman–Crippen LogP) is 3.87. The van der Waals surface area contributed by atoms with E-state index in [9.17, 15) is 9.59 Å². The van der Waals surface area contributed by atoms with Gasteiger partial charge in [0.1, 0.15) is 0 Å². The van der Waals surface area contributed by atoms with Crippen molar-refractivity contribution in [1.29, 1.82) is 0 Å². The van der Waals surface area contributed by atoms with Crippen molar-refractivity contribution < 1.29 is 9.59 Å². The van der Waals surface area contributed by atoms with Crippen molar-refractivity contribution in [1.82, 2.24) is 14.5 Å². The molecule has 1 aromatic heterocycles. The highest BCUT2D eigenvalue weighted by atomic mass is 35.5. The summed E-state index contributed by atoms with van der Waals surface area (Å²) < 4.78 is 1.89. The van der Waals surface area contributed by atoms with E-state index in [4.69, 9.17) is 11.6 Å². The van der Waals surface area contributed by atoms with E-state index in [1.165, 1.54) is 16.7 Å². The molecule has 0 N–H and O–H groups in total. The van der Waals surface area contributed by atoms with Crippen LogP contribution < -0.4 is 0 Å². The third-order valence-corrected chi connectivity index (χ3v) is 5.11. The zero-order valence-electron chi connectivity index (χ0n) is 12.9. The normalized spacial score (nSPS) is 13.4. The molecule has 1 aliphatic rings. The molecule has 0 saturated carbocycles. The van der Waals surface area contributed by atoms with E-state index >= 15 is 0 Å². The van der Waals surface area contributed by atoms with Crippen molar-refractivity contribution in [3.05, 3.63) is 77.1 Å². The Morgan fingerprint density at radius 1 is 0.960 bits per heavy atom. The molecular weight excluding hydrogens is 358 g/mol. The first kappa shape index (κ1) is 15.9. The summed E-state index contributed by atoms with van der Waals surface area (Å²) in [5.41, 5.74) is 1.81. The van der Waals surface area contributed by atoms with Crippen LogP contribution in [0, 0.1) is 0 Å². The van der Waals surface area contributed by atoms with Crippen molar-refractivity contribution >= 4 is 35.2 Å². The number of carbonyl (C=O) groups is 2. The van der Waals surface area contributed by atoms with E-state index < -0.39 is 0 Å². The largest absolute Gasteiger partial charge is 0.295 e. The molecule has 0 aliphatic carbocycles. The Morgan fingerprint density at radius 3 is 2.24 bits per heavy atom. The molecule has 2 heterocycles. The maximum absolute atomic E-state index is 12.4. The second kappa shape index (κ2) is 6.38. The number of hydrogen-bond acceptors (Lipinski definition) is 4. The van der Waals surface area contributed by atoms with Crippen molar-refractivity contribution in [3.63, 3.8) is 0 Å². The molecule has 0 saturated heterocycles. The highest BCUT2D eigenvalue weighted by molar-refractivity contribution is 7.99. The van der Waals surface area contributed by atoms with Gasteiger partial charge in [-0.2, -0.15) is 0 Å². The second-order valence-electron chi connectivity index (χ2n) is 5.41. The number of thioether (sulfide) groups is 1. The Bertz CT molecular complexity index is 933. The molecule has 0 fully saturated rings. The molecule has 4 rings (SSSR count). The maximum atomic E-state index is 12.4. The van der Waals surface area contributed by atoms with Gasteiger partial charge in [-0.15, -0.1) is 0 Å². The number of amides is 2. The molecule has 0 bridgehead atoms. The van der Waals surface area contributed by atoms with E-state index in [0.29, 0.717) is 21.3 Å². The Morgan fingerprint density at radius 2 is 1.60 bits per heavy atom. The summed E-state index contributed by atoms with van der Waals surface area (Å²) in [6.45, 7) is 0. The van der Waals surface area contributed by atoms with Gasteiger partial charge in [0.05, 0.1) is 17.0 Å². The van der Waals surface area contributed by atoms with Crippen LogP contribution in [0.2, 0.25) is 5.02 Å². The van der Waals surface area contributed by atoms with Gasteiger partial charge in [0.2, 0.25) is 0 Å². The second-order valence-corrected chi connectivity index (χ2v) is 6.76. The summed E-state index contributed by atoms with van der Waals surface area (Å²) >= 11 is 7.26. The summed E-state index contributed by atoms with van der Waals surface area (Å²) in [6, 6.07) is 14.2. The highest BCUT2D eigenvalue weighted by Gasteiger charge is 2.35. The van der Waals surface area contributed by atoms with Gasteiger partial charge in [0.15, 0.2) is 5.16 Å². The van der Waals surface area contributed by atoms with E-state index in [-0.39, 0.29) is 17.7 Å². The fraction of sp³-hybridized carbons (Fsp3) is 0.0556. The quantitative estimate of drug-likeness (QED) is 0.517. The Labute approximate surface area is 153 Å². The monoisotopic (exact) mass is 369 g/mol. The summed E-state index contributed by atoms with van der Waals surface area (Å²) in [4.78, 5) is 30.4. The molecule has 1 aliphatic heterocycles. The van der Waals surface area contributed by atoms with E-state index in [2.05, 4.69) is 4.98 Å². The summed E-state index contributed by atoms with van der Waals surface area (Å²) in [5.74, 6) is -0.327. The van der Waals surface area contributed by atoms with Crippen LogP contribution in [0.25, 0.3) is 5.69 Å². The van der Waals surface area contributed by atoms with Crippen LogP contribution in [0.15, 0.2) is 66.1 Å². The molecular formula is C18H12ClN3O2S. The first-order chi connectivity index (χ1) is 12.1. The summed E-state index contributed by atoms with van der Waals surface area (Å²) in [7, 11) is 0. The molecule has 0 atom stereocenters. The highest BCUT2D eigenvalue weighted by Crippen LogP contribution is 2.27. The molecule has 0 unspecified atom stereocenters. The van der Waals surface area contributed by atoms with Crippen molar-refractivity contribution in [2.24, 2.45) is 0 Å². The van der Waals surface area contributed by atoms with E-state index in [1.54, 1.807) is 42.6 Å². The molecule has 0 spiro atoms. The average molecular weight is 370 g/mol. The summed E-state index contributed by atoms with van der Waals surface area (Å²) in [6.07, 6.45) is 3.51. The number of nitrogens with zero attached hydrogens (tertiary/aromatic N) is 3. The Balaban J connectivity index is 1.54. The minimum atomic E-state index is -0.266. The van der Waals surface area contributed by atoms with Crippen molar-refractivity contribution in [2.45, 2.75) is 5.16 Å². The number of fused-ring (bicyclic) bond motifs is 1.